The highest BCUT2D eigenvalue weighted by Crippen LogP contribution is 2.30. The van der Waals surface area contributed by atoms with E-state index in [-0.39, 0.29) is 0 Å². The van der Waals surface area contributed by atoms with Gasteiger partial charge in [0.1, 0.15) is 6.54 Å². The van der Waals surface area contributed by atoms with Gasteiger partial charge in [-0.15, -0.1) is 0 Å². The summed E-state index contributed by atoms with van der Waals surface area (Å²) in [7, 11) is -3.17. The number of hydrogen-bond acceptors (Lipinski definition) is 6. The standard InChI is InChI=1S/C13H14F3N3O6S/c1-17-12(22)19-10(20)7-25-11(21)6-18-26(23,24)9-4-2-3-8(5-9)13(14,15)16/h2-5,18H,6-7H2,1H3,(H2,17,19,20,22). The number of ether oxygens (including phenoxy) is 1. The molecule has 0 spiro atoms. The summed E-state index contributed by atoms with van der Waals surface area (Å²) in [6.07, 6.45) is -4.73. The normalized spacial score (nSPS) is 11.5. The molecule has 0 aliphatic rings. The van der Waals surface area contributed by atoms with Gasteiger partial charge in [-0.25, -0.2) is 13.2 Å². The van der Waals surface area contributed by atoms with Crippen molar-refractivity contribution in [2.75, 3.05) is 20.2 Å². The number of halogens is 3. The lowest BCUT2D eigenvalue weighted by Crippen LogP contribution is -2.40. The highest BCUT2D eigenvalue weighted by atomic mass is 32.2. The number of imide groups is 1. The van der Waals surface area contributed by atoms with Gasteiger partial charge in [0.05, 0.1) is 10.5 Å². The van der Waals surface area contributed by atoms with E-state index in [9.17, 15) is 36.0 Å². The Bertz CT molecular complexity index is 795. The molecule has 0 saturated carbocycles. The first kappa shape index (κ1) is 21.4. The quantitative estimate of drug-likeness (QED) is 0.579. The Morgan fingerprint density at radius 3 is 2.42 bits per heavy atom. The number of sulfonamides is 1. The Hall–Kier alpha value is -2.67. The monoisotopic (exact) mass is 397 g/mol. The van der Waals surface area contributed by atoms with Crippen molar-refractivity contribution in [3.63, 3.8) is 0 Å². The lowest BCUT2D eigenvalue weighted by Gasteiger charge is -2.10. The molecule has 1 aromatic rings. The number of rotatable bonds is 6. The van der Waals surface area contributed by atoms with Gasteiger partial charge < -0.3 is 10.1 Å². The van der Waals surface area contributed by atoms with E-state index in [4.69, 9.17) is 0 Å². The lowest BCUT2D eigenvalue weighted by molar-refractivity contribution is -0.147. The van der Waals surface area contributed by atoms with E-state index in [1.54, 1.807) is 10.0 Å². The minimum Gasteiger partial charge on any atom is -0.455 e. The Morgan fingerprint density at radius 2 is 1.85 bits per heavy atom. The molecule has 1 rings (SSSR count). The van der Waals surface area contributed by atoms with Gasteiger partial charge in [0.15, 0.2) is 6.61 Å². The number of hydrogen-bond donors (Lipinski definition) is 3. The summed E-state index contributed by atoms with van der Waals surface area (Å²) in [6, 6.07) is 2.08. The third kappa shape index (κ3) is 6.68. The third-order valence-electron chi connectivity index (χ3n) is 2.72. The van der Waals surface area contributed by atoms with Crippen molar-refractivity contribution < 1.29 is 40.7 Å². The molecule has 0 heterocycles. The van der Waals surface area contributed by atoms with Crippen molar-refractivity contribution in [3.05, 3.63) is 29.8 Å². The molecule has 0 radical (unpaired) electrons. The number of amides is 3. The summed E-state index contributed by atoms with van der Waals surface area (Å²) >= 11 is 0. The molecule has 9 nitrogen and oxygen atoms in total. The second-order valence-electron chi connectivity index (χ2n) is 4.64. The zero-order valence-corrected chi connectivity index (χ0v) is 14.0. The Morgan fingerprint density at radius 1 is 1.19 bits per heavy atom. The van der Waals surface area contributed by atoms with Crippen LogP contribution >= 0.6 is 0 Å². The molecule has 0 unspecified atom stereocenters. The Kier molecular flexibility index (Phi) is 7.09. The van der Waals surface area contributed by atoms with Crippen LogP contribution in [0.15, 0.2) is 29.2 Å². The van der Waals surface area contributed by atoms with Gasteiger partial charge in [0.2, 0.25) is 10.0 Å². The summed E-state index contributed by atoms with van der Waals surface area (Å²) in [4.78, 5) is 32.7. The zero-order valence-electron chi connectivity index (χ0n) is 13.2. The first-order valence-corrected chi connectivity index (χ1v) is 8.28. The van der Waals surface area contributed by atoms with Crippen LogP contribution in [-0.2, 0) is 30.5 Å². The fourth-order valence-corrected chi connectivity index (χ4v) is 2.51. The summed E-state index contributed by atoms with van der Waals surface area (Å²) in [5.41, 5.74) is -1.17. The average molecular weight is 397 g/mol. The van der Waals surface area contributed by atoms with Gasteiger partial charge in [-0.1, -0.05) is 6.07 Å². The maximum Gasteiger partial charge on any atom is 0.416 e. The predicted molar refractivity (Wildman–Crippen MR) is 80.2 cm³/mol. The molecular weight excluding hydrogens is 383 g/mol. The fraction of sp³-hybridized carbons (Fsp3) is 0.308. The van der Waals surface area contributed by atoms with E-state index in [0.717, 1.165) is 12.1 Å². The molecule has 3 amide bonds. The predicted octanol–water partition coefficient (Wildman–Crippen LogP) is -0.0175. The van der Waals surface area contributed by atoms with Gasteiger partial charge in [0, 0.05) is 7.05 Å². The SMILES string of the molecule is CNC(=O)NC(=O)COC(=O)CNS(=O)(=O)c1cccc(C(F)(F)F)c1. The van der Waals surface area contributed by atoms with Crippen LogP contribution in [0.3, 0.4) is 0 Å². The fourth-order valence-electron chi connectivity index (χ4n) is 1.50. The van der Waals surface area contributed by atoms with Gasteiger partial charge in [-0.05, 0) is 18.2 Å². The number of alkyl halides is 3. The van der Waals surface area contributed by atoms with Crippen molar-refractivity contribution in [1.82, 2.24) is 15.4 Å². The summed E-state index contributed by atoms with van der Waals surface area (Å²) in [5, 5.41) is 3.87. The van der Waals surface area contributed by atoms with Crippen molar-refractivity contribution >= 4 is 27.9 Å². The van der Waals surface area contributed by atoms with Crippen LogP contribution in [0.25, 0.3) is 0 Å². The van der Waals surface area contributed by atoms with E-state index in [0.29, 0.717) is 12.1 Å². The minimum absolute atomic E-state index is 0.407. The second-order valence-corrected chi connectivity index (χ2v) is 6.41. The molecule has 0 bridgehead atoms. The van der Waals surface area contributed by atoms with Crippen LogP contribution in [0.4, 0.5) is 18.0 Å². The number of benzene rings is 1. The molecule has 0 aromatic heterocycles. The van der Waals surface area contributed by atoms with Crippen molar-refractivity contribution in [2.45, 2.75) is 11.1 Å². The second kappa shape index (κ2) is 8.62. The van der Waals surface area contributed by atoms with Gasteiger partial charge in [0.25, 0.3) is 5.91 Å². The third-order valence-corrected chi connectivity index (χ3v) is 4.12. The first-order valence-electron chi connectivity index (χ1n) is 6.80. The minimum atomic E-state index is -4.73. The summed E-state index contributed by atoms with van der Waals surface area (Å²) in [5.74, 6) is -2.13. The molecule has 144 valence electrons. The molecule has 26 heavy (non-hydrogen) atoms. The topological polar surface area (TPSA) is 131 Å². The first-order chi connectivity index (χ1) is 12.0. The zero-order chi connectivity index (χ0) is 20.0. The number of esters is 1. The smallest absolute Gasteiger partial charge is 0.416 e. The summed E-state index contributed by atoms with van der Waals surface area (Å²) < 4.78 is 67.8. The van der Waals surface area contributed by atoms with Crippen LogP contribution in [0.2, 0.25) is 0 Å². The van der Waals surface area contributed by atoms with E-state index in [1.807, 2.05) is 0 Å². The maximum absolute atomic E-state index is 12.6. The molecule has 0 atom stereocenters. The number of nitrogens with one attached hydrogen (secondary N) is 3. The Labute approximate surface area is 145 Å². The van der Waals surface area contributed by atoms with Crippen LogP contribution in [-0.4, -0.2) is 46.5 Å². The highest BCUT2D eigenvalue weighted by molar-refractivity contribution is 7.89. The Balaban J connectivity index is 2.62. The van der Waals surface area contributed by atoms with Crippen LogP contribution < -0.4 is 15.4 Å². The number of urea groups is 1. The number of carbonyl (C=O) groups is 3. The molecule has 1 aromatic carbocycles. The van der Waals surface area contributed by atoms with Crippen LogP contribution in [0, 0.1) is 0 Å². The highest BCUT2D eigenvalue weighted by Gasteiger charge is 2.31. The molecule has 0 aliphatic carbocycles. The number of carbonyl (C=O) groups excluding carboxylic acids is 3. The molecule has 13 heteroatoms. The van der Waals surface area contributed by atoms with Crippen molar-refractivity contribution in [2.24, 2.45) is 0 Å². The lowest BCUT2D eigenvalue weighted by atomic mass is 10.2. The van der Waals surface area contributed by atoms with E-state index < -0.39 is 57.7 Å². The average Bonchev–Trinajstić information content (AvgIpc) is 2.57. The largest absolute Gasteiger partial charge is 0.455 e. The molecule has 0 saturated heterocycles. The van der Waals surface area contributed by atoms with Crippen molar-refractivity contribution in [3.8, 4) is 0 Å². The molecular formula is C13H14F3N3O6S. The van der Waals surface area contributed by atoms with Gasteiger partial charge in [-0.3, -0.25) is 14.9 Å². The van der Waals surface area contributed by atoms with Gasteiger partial charge in [-0.2, -0.15) is 17.9 Å². The molecule has 3 N–H and O–H groups in total. The van der Waals surface area contributed by atoms with E-state index in [2.05, 4.69) is 10.1 Å². The maximum atomic E-state index is 12.6. The summed E-state index contributed by atoms with van der Waals surface area (Å²) in [6.45, 7) is -1.77. The van der Waals surface area contributed by atoms with Gasteiger partial charge >= 0.3 is 18.2 Å². The van der Waals surface area contributed by atoms with Crippen LogP contribution in [0.5, 0.6) is 0 Å². The molecule has 0 aliphatic heterocycles. The van der Waals surface area contributed by atoms with Crippen LogP contribution in [0.1, 0.15) is 5.56 Å². The van der Waals surface area contributed by atoms with Crippen molar-refractivity contribution in [1.29, 1.82) is 0 Å². The van der Waals surface area contributed by atoms with E-state index in [1.165, 1.54) is 7.05 Å². The van der Waals surface area contributed by atoms with E-state index >= 15 is 0 Å². The molecule has 0 fully saturated rings.